The average Bonchev–Trinajstić information content (AvgIpc) is 2.70. The van der Waals surface area contributed by atoms with Gasteiger partial charge in [0.2, 0.25) is 0 Å². The molecule has 0 aliphatic carbocycles. The Morgan fingerprint density at radius 1 is 1.08 bits per heavy atom. The lowest BCUT2D eigenvalue weighted by Gasteiger charge is -2.13. The number of carbonyl (C=O) groups is 1. The molecule has 0 N–H and O–H groups in total. The van der Waals surface area contributed by atoms with E-state index in [0.717, 1.165) is 0 Å². The maximum atomic E-state index is 12.6. The van der Waals surface area contributed by atoms with Crippen LogP contribution in [-0.4, -0.2) is 15.9 Å². The maximum absolute atomic E-state index is 12.6. The van der Waals surface area contributed by atoms with Gasteiger partial charge in [0.05, 0.1) is 0 Å². The van der Waals surface area contributed by atoms with Crippen LogP contribution in [-0.2, 0) is 4.79 Å². The fourth-order valence-corrected chi connectivity index (χ4v) is 2.52. The minimum atomic E-state index is -0.771. The van der Waals surface area contributed by atoms with Gasteiger partial charge in [-0.2, -0.15) is 5.26 Å². The van der Waals surface area contributed by atoms with Crippen molar-refractivity contribution in [1.29, 1.82) is 5.26 Å². The Morgan fingerprint density at radius 3 is 2.19 bits per heavy atom. The third-order valence-electron chi connectivity index (χ3n) is 3.76. The van der Waals surface area contributed by atoms with E-state index in [1.54, 1.807) is 19.1 Å². The van der Waals surface area contributed by atoms with E-state index in [2.05, 4.69) is 5.10 Å². The van der Waals surface area contributed by atoms with Crippen molar-refractivity contribution in [3.63, 3.8) is 0 Å². The molecule has 3 aromatic rings. The van der Waals surface area contributed by atoms with Crippen LogP contribution in [0.15, 0.2) is 65.5 Å². The molecule has 6 heteroatoms. The second kappa shape index (κ2) is 7.45. The summed E-state index contributed by atoms with van der Waals surface area (Å²) >= 11 is 0. The zero-order valence-electron chi connectivity index (χ0n) is 14.0. The van der Waals surface area contributed by atoms with Gasteiger partial charge in [-0.15, -0.1) is 5.10 Å². The van der Waals surface area contributed by atoms with Crippen molar-refractivity contribution in [3.05, 3.63) is 76.6 Å². The van der Waals surface area contributed by atoms with E-state index in [4.69, 9.17) is 4.84 Å². The van der Waals surface area contributed by atoms with Crippen LogP contribution in [0.25, 0.3) is 22.4 Å². The summed E-state index contributed by atoms with van der Waals surface area (Å²) in [5.41, 5.74) is 1.28. The Morgan fingerprint density at radius 2 is 1.65 bits per heavy atom. The number of nitrogens with zero attached hydrogens (tertiary/aromatic N) is 3. The smallest absolute Gasteiger partial charge is 0.316 e. The molecule has 0 radical (unpaired) electrons. The fraction of sp³-hybridized carbons (Fsp3) is 0.100. The molecule has 0 aliphatic heterocycles. The summed E-state index contributed by atoms with van der Waals surface area (Å²) < 4.78 is 0. The van der Waals surface area contributed by atoms with Crippen LogP contribution < -0.4 is 10.4 Å². The predicted molar refractivity (Wildman–Crippen MR) is 96.0 cm³/mol. The highest BCUT2D eigenvalue weighted by atomic mass is 16.7. The number of hydrogen-bond donors (Lipinski definition) is 0. The topological polar surface area (TPSA) is 85.0 Å². The molecule has 3 rings (SSSR count). The van der Waals surface area contributed by atoms with Crippen molar-refractivity contribution in [2.75, 3.05) is 0 Å². The van der Waals surface area contributed by atoms with Crippen molar-refractivity contribution in [3.8, 4) is 28.5 Å². The number of hydrogen-bond acceptors (Lipinski definition) is 5. The van der Waals surface area contributed by atoms with Gasteiger partial charge in [-0.05, 0) is 10.4 Å². The quantitative estimate of drug-likeness (QED) is 0.726. The van der Waals surface area contributed by atoms with Crippen molar-refractivity contribution >= 4 is 5.97 Å². The molecule has 2 aromatic carbocycles. The SMILES string of the molecule is CCC(=O)On1nc(-c2ccccc2)c(-c2ccccc2)c(C#N)c1=O. The lowest BCUT2D eigenvalue weighted by atomic mass is 9.96. The van der Waals surface area contributed by atoms with Crippen LogP contribution in [0.5, 0.6) is 0 Å². The van der Waals surface area contributed by atoms with Gasteiger partial charge < -0.3 is 4.84 Å². The Balaban J connectivity index is 2.35. The average molecular weight is 345 g/mol. The second-order valence-electron chi connectivity index (χ2n) is 5.44. The molecule has 128 valence electrons. The molecule has 1 heterocycles. The van der Waals surface area contributed by atoms with Gasteiger partial charge in [-0.1, -0.05) is 67.6 Å². The van der Waals surface area contributed by atoms with Gasteiger partial charge in [-0.25, -0.2) is 4.79 Å². The van der Waals surface area contributed by atoms with Gasteiger partial charge in [0, 0.05) is 17.5 Å². The Hall–Kier alpha value is -3.72. The Kier molecular flexibility index (Phi) is 4.90. The highest BCUT2D eigenvalue weighted by Gasteiger charge is 2.21. The first-order valence-corrected chi connectivity index (χ1v) is 8.05. The molecular formula is C20H15N3O3. The largest absolute Gasteiger partial charge is 0.334 e. The van der Waals surface area contributed by atoms with Crippen molar-refractivity contribution in [1.82, 2.24) is 9.94 Å². The minimum absolute atomic E-state index is 0.0805. The molecule has 26 heavy (non-hydrogen) atoms. The van der Waals surface area contributed by atoms with E-state index in [-0.39, 0.29) is 12.0 Å². The Labute approximate surface area is 149 Å². The summed E-state index contributed by atoms with van der Waals surface area (Å²) in [7, 11) is 0. The summed E-state index contributed by atoms with van der Waals surface area (Å²) in [6.45, 7) is 1.61. The molecule has 0 atom stereocenters. The summed E-state index contributed by atoms with van der Waals surface area (Å²) in [5.74, 6) is -0.616. The second-order valence-corrected chi connectivity index (χ2v) is 5.44. The van der Waals surface area contributed by atoms with Crippen LogP contribution in [0.2, 0.25) is 0 Å². The van der Waals surface area contributed by atoms with E-state index in [0.29, 0.717) is 27.2 Å². The highest BCUT2D eigenvalue weighted by Crippen LogP contribution is 2.31. The third-order valence-corrected chi connectivity index (χ3v) is 3.76. The molecule has 0 amide bonds. The lowest BCUT2D eigenvalue weighted by Crippen LogP contribution is -2.35. The molecule has 0 bridgehead atoms. The standard InChI is InChI=1S/C20H15N3O3/c1-2-17(24)26-23-20(25)16(13-21)18(14-9-5-3-6-10-14)19(22-23)15-11-7-4-8-12-15/h3-12H,2H2,1H3. The van der Waals surface area contributed by atoms with Crippen LogP contribution in [0.4, 0.5) is 0 Å². The zero-order valence-corrected chi connectivity index (χ0v) is 14.0. The molecule has 0 saturated carbocycles. The van der Waals surface area contributed by atoms with Crippen molar-refractivity contribution < 1.29 is 9.63 Å². The van der Waals surface area contributed by atoms with Crippen LogP contribution in [0.1, 0.15) is 18.9 Å². The van der Waals surface area contributed by atoms with E-state index < -0.39 is 11.5 Å². The fourth-order valence-electron chi connectivity index (χ4n) is 2.52. The number of carbonyl (C=O) groups excluding carboxylic acids is 1. The monoisotopic (exact) mass is 345 g/mol. The normalized spacial score (nSPS) is 10.2. The zero-order chi connectivity index (χ0) is 18.5. The van der Waals surface area contributed by atoms with Crippen molar-refractivity contribution in [2.45, 2.75) is 13.3 Å². The van der Waals surface area contributed by atoms with Crippen LogP contribution in [0.3, 0.4) is 0 Å². The summed E-state index contributed by atoms with van der Waals surface area (Å²) in [6, 6.07) is 20.1. The molecular weight excluding hydrogens is 330 g/mol. The van der Waals surface area contributed by atoms with E-state index in [1.165, 1.54) is 0 Å². The maximum Gasteiger partial charge on any atom is 0.334 e. The summed E-state index contributed by atoms with van der Waals surface area (Å²) in [6.07, 6.45) is 0.0805. The van der Waals surface area contributed by atoms with Gasteiger partial charge in [-0.3, -0.25) is 4.79 Å². The first-order chi connectivity index (χ1) is 12.7. The third kappa shape index (κ3) is 3.23. The van der Waals surface area contributed by atoms with E-state index in [1.807, 2.05) is 54.6 Å². The summed E-state index contributed by atoms with van der Waals surface area (Å²) in [5, 5.41) is 13.8. The molecule has 0 fully saturated rings. The molecule has 1 aromatic heterocycles. The summed E-state index contributed by atoms with van der Waals surface area (Å²) in [4.78, 5) is 29.8. The van der Waals surface area contributed by atoms with E-state index >= 15 is 0 Å². The minimum Gasteiger partial charge on any atom is -0.316 e. The molecule has 0 spiro atoms. The van der Waals surface area contributed by atoms with Crippen LogP contribution in [0, 0.1) is 11.3 Å². The first kappa shape index (κ1) is 17.1. The number of aromatic nitrogens is 2. The first-order valence-electron chi connectivity index (χ1n) is 8.05. The number of rotatable bonds is 4. The molecule has 6 nitrogen and oxygen atoms in total. The van der Waals surface area contributed by atoms with E-state index in [9.17, 15) is 14.9 Å². The highest BCUT2D eigenvalue weighted by molar-refractivity contribution is 5.84. The van der Waals surface area contributed by atoms with Gasteiger partial charge >= 0.3 is 11.5 Å². The molecule has 0 aliphatic rings. The van der Waals surface area contributed by atoms with Gasteiger partial charge in [0.15, 0.2) is 0 Å². The van der Waals surface area contributed by atoms with Gasteiger partial charge in [0.1, 0.15) is 17.3 Å². The Bertz CT molecular complexity index is 1040. The lowest BCUT2D eigenvalue weighted by molar-refractivity contribution is -0.146. The van der Waals surface area contributed by atoms with Gasteiger partial charge in [0.25, 0.3) is 0 Å². The molecule has 0 saturated heterocycles. The number of benzene rings is 2. The number of nitriles is 1. The predicted octanol–water partition coefficient (Wildman–Crippen LogP) is 2.81. The van der Waals surface area contributed by atoms with Crippen molar-refractivity contribution in [2.24, 2.45) is 0 Å². The van der Waals surface area contributed by atoms with Crippen LogP contribution >= 0.6 is 0 Å². The molecule has 0 unspecified atom stereocenters.